The van der Waals surface area contributed by atoms with Crippen LogP contribution in [0.25, 0.3) is 0 Å². The van der Waals surface area contributed by atoms with Gasteiger partial charge in [-0.3, -0.25) is 0 Å². The second kappa shape index (κ2) is 1.79. The van der Waals surface area contributed by atoms with E-state index in [1.165, 1.54) is 19.3 Å². The molecule has 1 nitrogen and oxygen atoms in total. The Morgan fingerprint density at radius 1 is 1.33 bits per heavy atom. The Morgan fingerprint density at radius 2 is 2.08 bits per heavy atom. The minimum atomic E-state index is 0.00917. The molecule has 2 saturated carbocycles. The zero-order valence-corrected chi connectivity index (χ0v) is 7.59. The maximum Gasteiger partial charge on any atom is 0.0579 e. The van der Waals surface area contributed by atoms with Crippen molar-refractivity contribution in [2.75, 3.05) is 0 Å². The number of hydrogen-bond donors (Lipinski definition) is 1. The van der Waals surface area contributed by atoms with Crippen LogP contribution in [0.2, 0.25) is 0 Å². The number of rotatable bonds is 0. The molecule has 3 rings (SSSR count). The van der Waals surface area contributed by atoms with Gasteiger partial charge in [-0.25, -0.2) is 0 Å². The SMILES string of the molecule is C[C@]12CC=CC[C@]13CC[C@@H](O)[C@@H]32. The van der Waals surface area contributed by atoms with E-state index in [2.05, 4.69) is 19.1 Å². The van der Waals surface area contributed by atoms with Gasteiger partial charge in [-0.2, -0.15) is 0 Å². The van der Waals surface area contributed by atoms with E-state index in [9.17, 15) is 5.11 Å². The van der Waals surface area contributed by atoms with Gasteiger partial charge in [0.2, 0.25) is 0 Å². The summed E-state index contributed by atoms with van der Waals surface area (Å²) in [6.45, 7) is 2.36. The minimum absolute atomic E-state index is 0.00917. The average Bonchev–Trinajstić information content (AvgIpc) is 2.44. The van der Waals surface area contributed by atoms with Gasteiger partial charge in [0, 0.05) is 0 Å². The second-order valence-electron chi connectivity index (χ2n) is 5.04. The summed E-state index contributed by atoms with van der Waals surface area (Å²) in [5.41, 5.74) is 1.00. The Kier molecular flexibility index (Phi) is 1.07. The number of allylic oxidation sites excluding steroid dienone is 2. The van der Waals surface area contributed by atoms with E-state index < -0.39 is 0 Å². The van der Waals surface area contributed by atoms with E-state index >= 15 is 0 Å². The predicted molar refractivity (Wildman–Crippen MR) is 47.6 cm³/mol. The van der Waals surface area contributed by atoms with Gasteiger partial charge in [0.15, 0.2) is 0 Å². The number of aliphatic hydroxyl groups excluding tert-OH is 1. The average molecular weight is 164 g/mol. The first-order valence-electron chi connectivity index (χ1n) is 5.04. The van der Waals surface area contributed by atoms with E-state index in [0.29, 0.717) is 16.7 Å². The molecule has 0 aliphatic heterocycles. The third-order valence-corrected chi connectivity index (χ3v) is 4.80. The third kappa shape index (κ3) is 0.517. The van der Waals surface area contributed by atoms with Gasteiger partial charge < -0.3 is 5.11 Å². The van der Waals surface area contributed by atoms with E-state index in [0.717, 1.165) is 6.42 Å². The van der Waals surface area contributed by atoms with Crippen molar-refractivity contribution in [1.82, 2.24) is 0 Å². The number of aliphatic hydroxyl groups is 1. The standard InChI is InChI=1S/C11H16O/c1-10-5-2-3-6-11(10)7-4-8(12)9(10)11/h2-3,8-9,12H,4-7H2,1H3/t8-,9-,10-,11-/m1/s1. The lowest BCUT2D eigenvalue weighted by Crippen LogP contribution is -2.16. The fourth-order valence-electron chi connectivity index (χ4n) is 4.10. The molecule has 0 saturated heterocycles. The lowest BCUT2D eigenvalue weighted by molar-refractivity contribution is 0.134. The molecule has 1 spiro atoms. The highest BCUT2D eigenvalue weighted by Crippen LogP contribution is 2.80. The fourth-order valence-corrected chi connectivity index (χ4v) is 4.10. The molecule has 12 heavy (non-hydrogen) atoms. The topological polar surface area (TPSA) is 20.2 Å². The van der Waals surface area contributed by atoms with Crippen molar-refractivity contribution in [3.63, 3.8) is 0 Å². The van der Waals surface area contributed by atoms with E-state index in [1.807, 2.05) is 0 Å². The Bertz CT molecular complexity index is 258. The molecule has 0 aromatic rings. The van der Waals surface area contributed by atoms with Crippen LogP contribution in [0.5, 0.6) is 0 Å². The second-order valence-corrected chi connectivity index (χ2v) is 5.04. The molecule has 0 unspecified atom stereocenters. The van der Waals surface area contributed by atoms with Crippen LogP contribution < -0.4 is 0 Å². The van der Waals surface area contributed by atoms with Gasteiger partial charge in [-0.05, 0) is 42.4 Å². The van der Waals surface area contributed by atoms with Crippen LogP contribution in [0.4, 0.5) is 0 Å². The molecule has 0 amide bonds. The van der Waals surface area contributed by atoms with Crippen molar-refractivity contribution in [3.8, 4) is 0 Å². The highest BCUT2D eigenvalue weighted by Gasteiger charge is 2.76. The lowest BCUT2D eigenvalue weighted by atomic mass is 9.81. The van der Waals surface area contributed by atoms with Crippen molar-refractivity contribution in [1.29, 1.82) is 0 Å². The van der Waals surface area contributed by atoms with Crippen LogP contribution in [-0.2, 0) is 0 Å². The molecular weight excluding hydrogens is 148 g/mol. The summed E-state index contributed by atoms with van der Waals surface area (Å²) in [5, 5.41) is 9.80. The molecular formula is C11H16O. The molecule has 4 atom stereocenters. The van der Waals surface area contributed by atoms with Gasteiger partial charge in [0.1, 0.15) is 0 Å². The quantitative estimate of drug-likeness (QED) is 0.544. The van der Waals surface area contributed by atoms with Gasteiger partial charge in [-0.1, -0.05) is 19.1 Å². The smallest absolute Gasteiger partial charge is 0.0579 e. The van der Waals surface area contributed by atoms with Gasteiger partial charge in [-0.15, -0.1) is 0 Å². The predicted octanol–water partition coefficient (Wildman–Crippen LogP) is 2.11. The van der Waals surface area contributed by atoms with Crippen molar-refractivity contribution in [2.24, 2.45) is 16.7 Å². The van der Waals surface area contributed by atoms with Gasteiger partial charge >= 0.3 is 0 Å². The normalized spacial score (nSPS) is 61.2. The number of fused-ring (bicyclic) bond motifs is 1. The van der Waals surface area contributed by atoms with Crippen molar-refractivity contribution in [2.45, 2.75) is 38.7 Å². The Morgan fingerprint density at radius 3 is 2.83 bits per heavy atom. The molecule has 3 aliphatic carbocycles. The summed E-state index contributed by atoms with van der Waals surface area (Å²) < 4.78 is 0. The molecule has 0 heterocycles. The van der Waals surface area contributed by atoms with Crippen molar-refractivity contribution < 1.29 is 5.11 Å². The Hall–Kier alpha value is -0.300. The summed E-state index contributed by atoms with van der Waals surface area (Å²) in [6.07, 6.45) is 9.37. The summed E-state index contributed by atoms with van der Waals surface area (Å²) >= 11 is 0. The Balaban J connectivity index is 2.01. The molecule has 1 heteroatoms. The van der Waals surface area contributed by atoms with Crippen LogP contribution in [-0.4, -0.2) is 11.2 Å². The molecule has 1 N–H and O–H groups in total. The third-order valence-electron chi connectivity index (χ3n) is 4.80. The van der Waals surface area contributed by atoms with Gasteiger partial charge in [0.25, 0.3) is 0 Å². The molecule has 2 fully saturated rings. The zero-order chi connectivity index (χ0) is 8.40. The first kappa shape index (κ1) is 7.14. The molecule has 66 valence electrons. The maximum absolute atomic E-state index is 9.80. The van der Waals surface area contributed by atoms with Crippen LogP contribution in [0.15, 0.2) is 12.2 Å². The molecule has 0 bridgehead atoms. The van der Waals surface area contributed by atoms with E-state index in [4.69, 9.17) is 0 Å². The van der Waals surface area contributed by atoms with E-state index in [-0.39, 0.29) is 6.10 Å². The van der Waals surface area contributed by atoms with Crippen LogP contribution in [0, 0.1) is 16.7 Å². The van der Waals surface area contributed by atoms with Crippen molar-refractivity contribution in [3.05, 3.63) is 12.2 Å². The molecule has 0 radical (unpaired) electrons. The minimum Gasteiger partial charge on any atom is -0.393 e. The largest absolute Gasteiger partial charge is 0.393 e. The highest BCUT2D eigenvalue weighted by molar-refractivity contribution is 5.30. The highest BCUT2D eigenvalue weighted by atomic mass is 16.3. The monoisotopic (exact) mass is 164 g/mol. The first-order valence-corrected chi connectivity index (χ1v) is 5.04. The van der Waals surface area contributed by atoms with E-state index in [1.54, 1.807) is 0 Å². The summed E-state index contributed by atoms with van der Waals surface area (Å²) in [4.78, 5) is 0. The Labute approximate surface area is 73.5 Å². The van der Waals surface area contributed by atoms with Gasteiger partial charge in [0.05, 0.1) is 6.10 Å². The summed E-state index contributed by atoms with van der Waals surface area (Å²) in [7, 11) is 0. The number of hydrogen-bond acceptors (Lipinski definition) is 1. The molecule has 0 aromatic heterocycles. The molecule has 0 aromatic carbocycles. The first-order chi connectivity index (χ1) is 5.71. The van der Waals surface area contributed by atoms with Crippen LogP contribution in [0.3, 0.4) is 0 Å². The summed E-state index contributed by atoms with van der Waals surface area (Å²) in [6, 6.07) is 0. The summed E-state index contributed by atoms with van der Waals surface area (Å²) in [5.74, 6) is 0.625. The van der Waals surface area contributed by atoms with Crippen molar-refractivity contribution >= 4 is 0 Å². The zero-order valence-electron chi connectivity index (χ0n) is 7.59. The maximum atomic E-state index is 9.80. The lowest BCUT2D eigenvalue weighted by Gasteiger charge is -2.24. The van der Waals surface area contributed by atoms with Crippen LogP contribution >= 0.6 is 0 Å². The molecule has 3 aliphatic rings. The fraction of sp³-hybridized carbons (Fsp3) is 0.818. The van der Waals surface area contributed by atoms with Crippen LogP contribution in [0.1, 0.15) is 32.6 Å².